The predicted molar refractivity (Wildman–Crippen MR) is 136 cm³/mol. The molecule has 0 aliphatic rings. The van der Waals surface area contributed by atoms with Gasteiger partial charge in [-0.05, 0) is 103 Å². The predicted octanol–water partition coefficient (Wildman–Crippen LogP) is 6.73. The van der Waals surface area contributed by atoms with Gasteiger partial charge in [-0.3, -0.25) is 9.98 Å². The molecule has 5 aromatic rings. The second kappa shape index (κ2) is 8.63. The second-order valence-electron chi connectivity index (χ2n) is 7.85. The van der Waals surface area contributed by atoms with Crippen molar-refractivity contribution in [1.82, 2.24) is 4.57 Å². The standard InChI is InChI=1S/C28H23N3O2/c1-2-31-27-13-7-21(29-17-19-3-9-23(32)10-4-19)15-25(27)26-16-22(8-14-28(26)31)30-18-20-5-11-24(33)12-6-20/h3-18,32-33H,2H2,1H3. The van der Waals surface area contributed by atoms with Crippen molar-refractivity contribution >= 4 is 45.6 Å². The Labute approximate surface area is 191 Å². The van der Waals surface area contributed by atoms with E-state index in [1.54, 1.807) is 36.7 Å². The summed E-state index contributed by atoms with van der Waals surface area (Å²) in [5.74, 6) is 0.481. The maximum absolute atomic E-state index is 9.46. The van der Waals surface area contributed by atoms with Crippen LogP contribution >= 0.6 is 0 Å². The molecular formula is C28H23N3O2. The summed E-state index contributed by atoms with van der Waals surface area (Å²) < 4.78 is 2.30. The van der Waals surface area contributed by atoms with E-state index in [2.05, 4.69) is 45.7 Å². The molecule has 0 saturated carbocycles. The van der Waals surface area contributed by atoms with E-state index in [1.165, 1.54) is 0 Å². The number of rotatable bonds is 5. The number of aryl methyl sites for hydroxylation is 1. The van der Waals surface area contributed by atoms with Gasteiger partial charge in [0.05, 0.1) is 11.4 Å². The number of benzene rings is 4. The molecule has 5 nitrogen and oxygen atoms in total. The molecule has 0 fully saturated rings. The van der Waals surface area contributed by atoms with Crippen LogP contribution in [0, 0.1) is 0 Å². The Balaban J connectivity index is 1.54. The van der Waals surface area contributed by atoms with Crippen molar-refractivity contribution < 1.29 is 10.2 Å². The normalized spacial score (nSPS) is 11.9. The van der Waals surface area contributed by atoms with Crippen molar-refractivity contribution in [3.63, 3.8) is 0 Å². The Bertz CT molecular complexity index is 1380. The van der Waals surface area contributed by atoms with Crippen LogP contribution in [0.1, 0.15) is 18.1 Å². The van der Waals surface area contributed by atoms with Crippen molar-refractivity contribution in [1.29, 1.82) is 0 Å². The number of phenolic OH excluding ortho intramolecular Hbond substituents is 2. The minimum absolute atomic E-state index is 0.241. The minimum atomic E-state index is 0.241. The largest absolute Gasteiger partial charge is 0.508 e. The number of nitrogens with zero attached hydrogens (tertiary/aromatic N) is 3. The van der Waals surface area contributed by atoms with Gasteiger partial charge in [0.2, 0.25) is 0 Å². The van der Waals surface area contributed by atoms with E-state index >= 15 is 0 Å². The molecule has 0 amide bonds. The van der Waals surface area contributed by atoms with E-state index in [-0.39, 0.29) is 11.5 Å². The summed E-state index contributed by atoms with van der Waals surface area (Å²) in [7, 11) is 0. The SMILES string of the molecule is CCn1c2ccc(N=Cc3ccc(O)cc3)cc2c2cc(N=Cc3ccc(O)cc3)ccc21. The van der Waals surface area contributed by atoms with Crippen molar-refractivity contribution in [3.8, 4) is 11.5 Å². The molecule has 0 saturated heterocycles. The Hall–Kier alpha value is -4.38. The van der Waals surface area contributed by atoms with Crippen LogP contribution in [0.15, 0.2) is 94.9 Å². The summed E-state index contributed by atoms with van der Waals surface area (Å²) in [6.07, 6.45) is 3.60. The number of hydrogen-bond acceptors (Lipinski definition) is 4. The number of fused-ring (bicyclic) bond motifs is 3. The summed E-state index contributed by atoms with van der Waals surface area (Å²) in [6.45, 7) is 3.01. The highest BCUT2D eigenvalue weighted by atomic mass is 16.3. The van der Waals surface area contributed by atoms with Crippen molar-refractivity contribution in [2.24, 2.45) is 9.98 Å². The number of hydrogen-bond donors (Lipinski definition) is 2. The molecule has 4 aromatic carbocycles. The zero-order chi connectivity index (χ0) is 22.8. The molecule has 2 N–H and O–H groups in total. The fourth-order valence-electron chi connectivity index (χ4n) is 4.00. The fraction of sp³-hybridized carbons (Fsp3) is 0.0714. The van der Waals surface area contributed by atoms with Crippen LogP contribution in [0.5, 0.6) is 11.5 Å². The number of aliphatic imine (C=N–C) groups is 2. The van der Waals surface area contributed by atoms with Gasteiger partial charge in [-0.1, -0.05) is 0 Å². The molecule has 0 aliphatic heterocycles. The third-order valence-corrected chi connectivity index (χ3v) is 5.66. The van der Waals surface area contributed by atoms with Crippen molar-refractivity contribution in [2.75, 3.05) is 0 Å². The van der Waals surface area contributed by atoms with E-state index in [9.17, 15) is 10.2 Å². The average Bonchev–Trinajstić information content (AvgIpc) is 3.15. The smallest absolute Gasteiger partial charge is 0.115 e. The molecule has 1 heterocycles. The lowest BCUT2D eigenvalue weighted by molar-refractivity contribution is 0.475. The first kappa shape index (κ1) is 20.5. The highest BCUT2D eigenvalue weighted by Crippen LogP contribution is 2.34. The third kappa shape index (κ3) is 4.21. The minimum Gasteiger partial charge on any atom is -0.508 e. The Morgan fingerprint density at radius 3 is 1.45 bits per heavy atom. The highest BCUT2D eigenvalue weighted by molar-refractivity contribution is 6.10. The van der Waals surface area contributed by atoms with E-state index in [0.717, 1.165) is 50.9 Å². The maximum Gasteiger partial charge on any atom is 0.115 e. The second-order valence-corrected chi connectivity index (χ2v) is 7.85. The summed E-state index contributed by atoms with van der Waals surface area (Å²) in [6, 6.07) is 26.4. The molecule has 1 aromatic heterocycles. The Kier molecular flexibility index (Phi) is 5.37. The van der Waals surface area contributed by atoms with Gasteiger partial charge in [-0.25, -0.2) is 0 Å². The van der Waals surface area contributed by atoms with E-state index in [0.29, 0.717) is 0 Å². The van der Waals surface area contributed by atoms with Crippen LogP contribution < -0.4 is 0 Å². The lowest BCUT2D eigenvalue weighted by Crippen LogP contribution is -1.92. The first-order valence-corrected chi connectivity index (χ1v) is 10.8. The highest BCUT2D eigenvalue weighted by Gasteiger charge is 2.11. The number of aromatic hydroxyl groups is 2. The molecule has 5 heteroatoms. The van der Waals surface area contributed by atoms with Gasteiger partial charge in [0.1, 0.15) is 11.5 Å². The van der Waals surface area contributed by atoms with Gasteiger partial charge < -0.3 is 14.8 Å². The van der Waals surface area contributed by atoms with E-state index in [4.69, 9.17) is 0 Å². The summed E-state index contributed by atoms with van der Waals surface area (Å²) in [5.41, 5.74) is 5.91. The lowest BCUT2D eigenvalue weighted by Gasteiger charge is -2.03. The summed E-state index contributed by atoms with van der Waals surface area (Å²) in [5, 5.41) is 21.2. The van der Waals surface area contributed by atoms with Crippen molar-refractivity contribution in [2.45, 2.75) is 13.5 Å². The zero-order valence-corrected chi connectivity index (χ0v) is 18.2. The number of aromatic nitrogens is 1. The van der Waals surface area contributed by atoms with Crippen LogP contribution in [0.25, 0.3) is 21.8 Å². The van der Waals surface area contributed by atoms with Crippen LogP contribution in [0.2, 0.25) is 0 Å². The van der Waals surface area contributed by atoms with E-state index in [1.807, 2.05) is 36.4 Å². The van der Waals surface area contributed by atoms with Gasteiger partial charge in [0.25, 0.3) is 0 Å². The third-order valence-electron chi connectivity index (χ3n) is 5.66. The molecule has 5 rings (SSSR count). The lowest BCUT2D eigenvalue weighted by atomic mass is 10.1. The first-order chi connectivity index (χ1) is 16.1. The van der Waals surface area contributed by atoms with Crippen LogP contribution in [-0.2, 0) is 6.54 Å². The van der Waals surface area contributed by atoms with Crippen LogP contribution in [-0.4, -0.2) is 27.2 Å². The van der Waals surface area contributed by atoms with E-state index < -0.39 is 0 Å². The molecule has 0 bridgehead atoms. The van der Waals surface area contributed by atoms with Gasteiger partial charge in [-0.2, -0.15) is 0 Å². The molecule has 33 heavy (non-hydrogen) atoms. The van der Waals surface area contributed by atoms with Crippen molar-refractivity contribution in [3.05, 3.63) is 96.1 Å². The summed E-state index contributed by atoms with van der Waals surface area (Å²) >= 11 is 0. The molecule has 0 unspecified atom stereocenters. The van der Waals surface area contributed by atoms with Gasteiger partial charge in [-0.15, -0.1) is 0 Å². The Morgan fingerprint density at radius 2 is 1.06 bits per heavy atom. The number of phenols is 2. The Morgan fingerprint density at radius 1 is 0.636 bits per heavy atom. The topological polar surface area (TPSA) is 70.1 Å². The first-order valence-electron chi connectivity index (χ1n) is 10.8. The van der Waals surface area contributed by atoms with Crippen LogP contribution in [0.4, 0.5) is 11.4 Å². The maximum atomic E-state index is 9.46. The molecular weight excluding hydrogens is 410 g/mol. The molecule has 162 valence electrons. The molecule has 0 atom stereocenters. The monoisotopic (exact) mass is 433 g/mol. The average molecular weight is 434 g/mol. The zero-order valence-electron chi connectivity index (χ0n) is 18.2. The molecule has 0 radical (unpaired) electrons. The fourth-order valence-corrected chi connectivity index (χ4v) is 4.00. The van der Waals surface area contributed by atoms with Crippen LogP contribution in [0.3, 0.4) is 0 Å². The summed E-state index contributed by atoms with van der Waals surface area (Å²) in [4.78, 5) is 9.28. The van der Waals surface area contributed by atoms with Gasteiger partial charge in [0, 0.05) is 40.8 Å². The van der Waals surface area contributed by atoms with Gasteiger partial charge in [0.15, 0.2) is 0 Å². The molecule has 0 spiro atoms. The van der Waals surface area contributed by atoms with Gasteiger partial charge >= 0.3 is 0 Å². The quantitative estimate of drug-likeness (QED) is 0.302. The molecule has 0 aliphatic carbocycles.